The van der Waals surface area contributed by atoms with Crippen LogP contribution >= 0.6 is 23.2 Å². The SMILES string of the molecule is N#C/C(=C/NCCc1c[nH]c2ccccc12)C(=O)Nc1cc(Cl)ccc1Cl. The Morgan fingerprint density at radius 2 is 2.04 bits per heavy atom. The molecule has 0 saturated heterocycles. The topological polar surface area (TPSA) is 80.7 Å². The molecule has 0 aliphatic heterocycles. The molecule has 3 N–H and O–H groups in total. The van der Waals surface area contributed by atoms with Crippen molar-refractivity contribution in [2.75, 3.05) is 11.9 Å². The molecule has 0 spiro atoms. The van der Waals surface area contributed by atoms with E-state index in [2.05, 4.69) is 21.7 Å². The number of rotatable bonds is 6. The lowest BCUT2D eigenvalue weighted by molar-refractivity contribution is -0.112. The molecule has 0 bridgehead atoms. The average Bonchev–Trinajstić information content (AvgIpc) is 3.08. The molecule has 1 amide bonds. The van der Waals surface area contributed by atoms with Gasteiger partial charge in [0.2, 0.25) is 0 Å². The molecule has 27 heavy (non-hydrogen) atoms. The van der Waals surface area contributed by atoms with E-state index in [4.69, 9.17) is 23.2 Å². The Hall–Kier alpha value is -2.94. The number of aromatic nitrogens is 1. The number of hydrogen-bond acceptors (Lipinski definition) is 3. The van der Waals surface area contributed by atoms with Crippen molar-refractivity contribution in [2.24, 2.45) is 0 Å². The number of amides is 1. The predicted molar refractivity (Wildman–Crippen MR) is 109 cm³/mol. The van der Waals surface area contributed by atoms with Gasteiger partial charge in [0, 0.05) is 34.9 Å². The molecule has 0 saturated carbocycles. The summed E-state index contributed by atoms with van der Waals surface area (Å²) in [6, 6.07) is 14.7. The molecular weight excluding hydrogens is 383 g/mol. The van der Waals surface area contributed by atoms with Gasteiger partial charge in [0.15, 0.2) is 0 Å². The molecule has 3 aromatic rings. The van der Waals surface area contributed by atoms with E-state index in [-0.39, 0.29) is 5.57 Å². The molecule has 0 atom stereocenters. The zero-order chi connectivity index (χ0) is 19.2. The van der Waals surface area contributed by atoms with Gasteiger partial charge in [-0.3, -0.25) is 4.79 Å². The zero-order valence-electron chi connectivity index (χ0n) is 14.2. The number of nitriles is 1. The normalized spacial score (nSPS) is 11.2. The van der Waals surface area contributed by atoms with E-state index in [9.17, 15) is 10.1 Å². The first-order chi connectivity index (χ1) is 13.1. The van der Waals surface area contributed by atoms with E-state index in [0.29, 0.717) is 22.3 Å². The lowest BCUT2D eigenvalue weighted by Gasteiger charge is -2.07. The molecule has 2 aromatic carbocycles. The molecule has 136 valence electrons. The molecule has 5 nitrogen and oxygen atoms in total. The zero-order valence-corrected chi connectivity index (χ0v) is 15.7. The minimum Gasteiger partial charge on any atom is -0.389 e. The Kier molecular flexibility index (Phi) is 6.02. The Morgan fingerprint density at radius 1 is 1.22 bits per heavy atom. The Morgan fingerprint density at radius 3 is 2.85 bits per heavy atom. The van der Waals surface area contributed by atoms with E-state index in [0.717, 1.165) is 17.3 Å². The van der Waals surface area contributed by atoms with Crippen molar-refractivity contribution in [1.29, 1.82) is 5.26 Å². The van der Waals surface area contributed by atoms with Crippen LogP contribution in [0.15, 0.2) is 60.4 Å². The first kappa shape index (κ1) is 18.8. The first-order valence-electron chi connectivity index (χ1n) is 8.23. The van der Waals surface area contributed by atoms with E-state index in [1.807, 2.05) is 30.5 Å². The summed E-state index contributed by atoms with van der Waals surface area (Å²) >= 11 is 11.9. The largest absolute Gasteiger partial charge is 0.389 e. The quantitative estimate of drug-likeness (QED) is 0.321. The second-order valence-corrected chi connectivity index (χ2v) is 6.66. The molecule has 0 radical (unpaired) electrons. The second-order valence-electron chi connectivity index (χ2n) is 5.81. The predicted octanol–water partition coefficient (Wildman–Crippen LogP) is 4.65. The number of halogens is 2. The summed E-state index contributed by atoms with van der Waals surface area (Å²) in [5, 5.41) is 16.8. The van der Waals surface area contributed by atoms with Crippen molar-refractivity contribution in [3.63, 3.8) is 0 Å². The van der Waals surface area contributed by atoms with Crippen LogP contribution in [0, 0.1) is 11.3 Å². The molecule has 0 aliphatic rings. The van der Waals surface area contributed by atoms with Crippen molar-refractivity contribution in [1.82, 2.24) is 10.3 Å². The molecule has 7 heteroatoms. The summed E-state index contributed by atoms with van der Waals surface area (Å²) in [6.45, 7) is 0.582. The molecule has 1 aromatic heterocycles. The highest BCUT2D eigenvalue weighted by Crippen LogP contribution is 2.25. The van der Waals surface area contributed by atoms with Crippen LogP contribution < -0.4 is 10.6 Å². The molecule has 0 fully saturated rings. The summed E-state index contributed by atoms with van der Waals surface area (Å²) < 4.78 is 0. The summed E-state index contributed by atoms with van der Waals surface area (Å²) in [4.78, 5) is 15.5. The van der Waals surface area contributed by atoms with Crippen molar-refractivity contribution >= 4 is 45.7 Å². The van der Waals surface area contributed by atoms with Crippen LogP contribution in [-0.2, 0) is 11.2 Å². The number of benzene rings is 2. The Balaban J connectivity index is 1.60. The highest BCUT2D eigenvalue weighted by molar-refractivity contribution is 6.35. The number of nitrogens with one attached hydrogen (secondary N) is 3. The second kappa shape index (κ2) is 8.63. The maximum atomic E-state index is 12.3. The van der Waals surface area contributed by atoms with Crippen LogP contribution in [0.3, 0.4) is 0 Å². The Bertz CT molecular complexity index is 1050. The van der Waals surface area contributed by atoms with Gasteiger partial charge in [-0.25, -0.2) is 0 Å². The molecular formula is C20H16Cl2N4O. The average molecular weight is 399 g/mol. The smallest absolute Gasteiger partial charge is 0.267 e. The number of fused-ring (bicyclic) bond motifs is 1. The number of carbonyl (C=O) groups is 1. The third-order valence-corrected chi connectivity index (χ3v) is 4.57. The fraction of sp³-hybridized carbons (Fsp3) is 0.100. The van der Waals surface area contributed by atoms with Crippen LogP contribution in [0.1, 0.15) is 5.56 Å². The van der Waals surface area contributed by atoms with Gasteiger partial charge in [-0.2, -0.15) is 5.26 Å². The monoisotopic (exact) mass is 398 g/mol. The van der Waals surface area contributed by atoms with Gasteiger partial charge in [-0.15, -0.1) is 0 Å². The lowest BCUT2D eigenvalue weighted by atomic mass is 10.1. The number of carbonyl (C=O) groups excluding carboxylic acids is 1. The third-order valence-electron chi connectivity index (χ3n) is 4.00. The fourth-order valence-electron chi connectivity index (χ4n) is 2.65. The third kappa shape index (κ3) is 4.62. The highest BCUT2D eigenvalue weighted by Gasteiger charge is 2.11. The summed E-state index contributed by atoms with van der Waals surface area (Å²) in [6.07, 6.45) is 4.12. The van der Waals surface area contributed by atoms with Crippen molar-refractivity contribution < 1.29 is 4.79 Å². The van der Waals surface area contributed by atoms with Gasteiger partial charge in [-0.05, 0) is 36.2 Å². The number of hydrogen-bond donors (Lipinski definition) is 3. The van der Waals surface area contributed by atoms with Crippen LogP contribution in [0.2, 0.25) is 10.0 Å². The number of H-pyrrole nitrogens is 1. The van der Waals surface area contributed by atoms with Gasteiger partial charge in [0.1, 0.15) is 11.6 Å². The van der Waals surface area contributed by atoms with Crippen LogP contribution in [0.4, 0.5) is 5.69 Å². The molecule has 0 unspecified atom stereocenters. The maximum Gasteiger partial charge on any atom is 0.267 e. The van der Waals surface area contributed by atoms with Crippen molar-refractivity contribution in [3.8, 4) is 6.07 Å². The molecule has 0 aliphatic carbocycles. The lowest BCUT2D eigenvalue weighted by Crippen LogP contribution is -2.18. The first-order valence-corrected chi connectivity index (χ1v) is 8.99. The van der Waals surface area contributed by atoms with Crippen LogP contribution in [0.25, 0.3) is 10.9 Å². The molecule has 1 heterocycles. The van der Waals surface area contributed by atoms with Crippen LogP contribution in [-0.4, -0.2) is 17.4 Å². The number of nitrogens with zero attached hydrogens (tertiary/aromatic N) is 1. The minimum atomic E-state index is -0.554. The van der Waals surface area contributed by atoms with Gasteiger partial charge in [0.05, 0.1) is 10.7 Å². The summed E-state index contributed by atoms with van der Waals surface area (Å²) in [5.41, 5.74) is 2.55. The number of para-hydroxylation sites is 1. The van der Waals surface area contributed by atoms with E-state index in [1.165, 1.54) is 17.8 Å². The van der Waals surface area contributed by atoms with E-state index < -0.39 is 5.91 Å². The fourth-order valence-corrected chi connectivity index (χ4v) is 2.99. The van der Waals surface area contributed by atoms with Gasteiger partial charge in [0.25, 0.3) is 5.91 Å². The summed E-state index contributed by atoms with van der Waals surface area (Å²) in [7, 11) is 0. The Labute approximate surface area is 166 Å². The van der Waals surface area contributed by atoms with Crippen molar-refractivity contribution in [3.05, 3.63) is 76.0 Å². The van der Waals surface area contributed by atoms with Gasteiger partial charge in [-0.1, -0.05) is 41.4 Å². The minimum absolute atomic E-state index is 0.0510. The maximum absolute atomic E-state index is 12.3. The van der Waals surface area contributed by atoms with E-state index >= 15 is 0 Å². The summed E-state index contributed by atoms with van der Waals surface area (Å²) in [5.74, 6) is -0.554. The standard InChI is InChI=1S/C20H16Cl2N4O/c21-15-5-6-17(22)19(9-15)26-20(27)14(10-23)11-24-8-7-13-12-25-18-4-2-1-3-16(13)18/h1-6,9,11-12,24-25H,7-8H2,(H,26,27)/b14-11-. The van der Waals surface area contributed by atoms with Gasteiger partial charge < -0.3 is 15.6 Å². The van der Waals surface area contributed by atoms with Gasteiger partial charge >= 0.3 is 0 Å². The van der Waals surface area contributed by atoms with Crippen LogP contribution in [0.5, 0.6) is 0 Å². The number of anilines is 1. The van der Waals surface area contributed by atoms with E-state index in [1.54, 1.807) is 12.1 Å². The molecule has 3 rings (SSSR count). The van der Waals surface area contributed by atoms with Crippen molar-refractivity contribution in [2.45, 2.75) is 6.42 Å². The number of aromatic amines is 1. The highest BCUT2D eigenvalue weighted by atomic mass is 35.5.